The van der Waals surface area contributed by atoms with E-state index in [4.69, 9.17) is 21.1 Å². The van der Waals surface area contributed by atoms with Crippen molar-refractivity contribution in [3.05, 3.63) is 52.5 Å². The van der Waals surface area contributed by atoms with Crippen molar-refractivity contribution >= 4 is 21.6 Å². The lowest BCUT2D eigenvalue weighted by Crippen LogP contribution is -2.32. The van der Waals surface area contributed by atoms with E-state index in [-0.39, 0.29) is 11.6 Å². The summed E-state index contributed by atoms with van der Waals surface area (Å²) >= 11 is 5.69. The van der Waals surface area contributed by atoms with Crippen LogP contribution in [0.5, 0.6) is 11.5 Å². The second-order valence-corrected chi connectivity index (χ2v) is 9.11. The van der Waals surface area contributed by atoms with Crippen molar-refractivity contribution in [1.29, 1.82) is 0 Å². The lowest BCUT2D eigenvalue weighted by atomic mass is 10.0. The Morgan fingerprint density at radius 3 is 2.48 bits per heavy atom. The molecule has 0 amide bonds. The lowest BCUT2D eigenvalue weighted by Gasteiger charge is -2.27. The molecule has 5 nitrogen and oxygen atoms in total. The number of benzene rings is 2. The molecule has 2 aliphatic heterocycles. The van der Waals surface area contributed by atoms with Crippen molar-refractivity contribution in [2.75, 3.05) is 19.8 Å². The normalized spacial score (nSPS) is 20.1. The maximum atomic E-state index is 13.5. The minimum Gasteiger partial charge on any atom is -0.486 e. The molecule has 1 saturated heterocycles. The summed E-state index contributed by atoms with van der Waals surface area (Å²) < 4.78 is 79.0. The maximum Gasteiger partial charge on any atom is 0.417 e. The smallest absolute Gasteiger partial charge is 0.417 e. The van der Waals surface area contributed by atoms with Crippen LogP contribution in [-0.4, -0.2) is 32.5 Å². The van der Waals surface area contributed by atoms with Gasteiger partial charge in [-0.15, -0.1) is 0 Å². The van der Waals surface area contributed by atoms with Gasteiger partial charge in [-0.05, 0) is 48.7 Å². The quantitative estimate of drug-likeness (QED) is 0.687. The first-order valence-electron chi connectivity index (χ1n) is 8.96. The molecule has 2 aromatic rings. The summed E-state index contributed by atoms with van der Waals surface area (Å²) in [4.78, 5) is -0.793. The molecule has 2 heterocycles. The SMILES string of the molecule is O=S(=O)(c1ccc(Cl)cc1C(F)(F)F)N1CCCC1c1ccc2c(c1)OCCO2. The fourth-order valence-corrected chi connectivity index (χ4v) is 5.75. The summed E-state index contributed by atoms with van der Waals surface area (Å²) in [7, 11) is -4.41. The van der Waals surface area contributed by atoms with Crippen LogP contribution < -0.4 is 9.47 Å². The Morgan fingerprint density at radius 1 is 1.03 bits per heavy atom. The summed E-state index contributed by atoms with van der Waals surface area (Å²) in [6, 6.07) is 7.23. The third-order valence-electron chi connectivity index (χ3n) is 4.99. The number of rotatable bonds is 3. The van der Waals surface area contributed by atoms with Crippen molar-refractivity contribution in [3.63, 3.8) is 0 Å². The van der Waals surface area contributed by atoms with Crippen molar-refractivity contribution in [3.8, 4) is 11.5 Å². The molecule has 156 valence electrons. The highest BCUT2D eigenvalue weighted by Gasteiger charge is 2.43. The van der Waals surface area contributed by atoms with Crippen LogP contribution in [0.15, 0.2) is 41.3 Å². The first-order chi connectivity index (χ1) is 13.7. The Bertz CT molecular complexity index is 1040. The number of ether oxygens (including phenoxy) is 2. The Morgan fingerprint density at radius 2 is 1.76 bits per heavy atom. The van der Waals surface area contributed by atoms with Gasteiger partial charge in [0.2, 0.25) is 10.0 Å². The summed E-state index contributed by atoms with van der Waals surface area (Å²) in [6.07, 6.45) is -3.82. The minimum absolute atomic E-state index is 0.126. The fourth-order valence-electron chi connectivity index (χ4n) is 3.70. The molecule has 10 heteroatoms. The highest BCUT2D eigenvalue weighted by Crippen LogP contribution is 2.43. The standard InChI is InChI=1S/C19H17ClF3NO4S/c20-13-4-6-18(14(11-13)19(21,22)23)29(25,26)24-7-1-2-15(24)12-3-5-16-17(10-12)28-9-8-27-16/h3-6,10-11,15H,1-2,7-9H2. The Kier molecular flexibility index (Phi) is 5.16. The first-order valence-corrected chi connectivity index (χ1v) is 10.8. The highest BCUT2D eigenvalue weighted by molar-refractivity contribution is 7.89. The Balaban J connectivity index is 1.74. The van der Waals surface area contributed by atoms with Crippen molar-refractivity contribution in [2.45, 2.75) is 30.0 Å². The summed E-state index contributed by atoms with van der Waals surface area (Å²) in [5.74, 6) is 1.06. The van der Waals surface area contributed by atoms with Crippen molar-refractivity contribution in [1.82, 2.24) is 4.31 Å². The second kappa shape index (κ2) is 7.37. The Labute approximate surface area is 171 Å². The number of nitrogens with zero attached hydrogens (tertiary/aromatic N) is 1. The molecule has 1 fully saturated rings. The van der Waals surface area contributed by atoms with Crippen LogP contribution in [0, 0.1) is 0 Å². The zero-order chi connectivity index (χ0) is 20.8. The third kappa shape index (κ3) is 3.78. The molecule has 0 bridgehead atoms. The predicted molar refractivity (Wildman–Crippen MR) is 99.8 cm³/mol. The molecule has 0 aromatic heterocycles. The lowest BCUT2D eigenvalue weighted by molar-refractivity contribution is -0.139. The number of halogens is 4. The van der Waals surface area contributed by atoms with E-state index in [1.54, 1.807) is 18.2 Å². The molecule has 0 aliphatic carbocycles. The third-order valence-corrected chi connectivity index (χ3v) is 7.19. The van der Waals surface area contributed by atoms with Gasteiger partial charge in [-0.25, -0.2) is 8.42 Å². The number of hydrogen-bond acceptors (Lipinski definition) is 4. The van der Waals surface area contributed by atoms with Crippen LogP contribution in [0.3, 0.4) is 0 Å². The molecule has 0 saturated carbocycles. The molecule has 0 radical (unpaired) electrons. The number of sulfonamides is 1. The van der Waals surface area contributed by atoms with Gasteiger partial charge in [-0.1, -0.05) is 17.7 Å². The van der Waals surface area contributed by atoms with Crippen LogP contribution in [0.1, 0.15) is 30.0 Å². The molecule has 2 aliphatic rings. The zero-order valence-electron chi connectivity index (χ0n) is 15.1. The van der Waals surface area contributed by atoms with Gasteiger partial charge in [0.05, 0.1) is 16.5 Å². The molecule has 1 atom stereocenters. The van der Waals surface area contributed by atoms with Gasteiger partial charge in [-0.2, -0.15) is 17.5 Å². The van der Waals surface area contributed by atoms with Crippen LogP contribution in [0.2, 0.25) is 5.02 Å². The largest absolute Gasteiger partial charge is 0.486 e. The fraction of sp³-hybridized carbons (Fsp3) is 0.368. The van der Waals surface area contributed by atoms with Gasteiger partial charge in [0.15, 0.2) is 11.5 Å². The number of hydrogen-bond donors (Lipinski definition) is 0. The van der Waals surface area contributed by atoms with E-state index in [1.807, 2.05) is 0 Å². The molecule has 0 spiro atoms. The summed E-state index contributed by atoms with van der Waals surface area (Å²) in [6.45, 7) is 0.928. The van der Waals surface area contributed by atoms with E-state index in [9.17, 15) is 21.6 Å². The van der Waals surface area contributed by atoms with Gasteiger partial charge < -0.3 is 9.47 Å². The summed E-state index contributed by atoms with van der Waals surface area (Å²) in [5, 5.41) is -0.180. The molecule has 29 heavy (non-hydrogen) atoms. The topological polar surface area (TPSA) is 55.8 Å². The molecule has 0 N–H and O–H groups in total. The van der Waals surface area contributed by atoms with Gasteiger partial charge in [0.25, 0.3) is 0 Å². The molecule has 1 unspecified atom stereocenters. The van der Waals surface area contributed by atoms with Gasteiger partial charge in [0.1, 0.15) is 13.2 Å². The van der Waals surface area contributed by atoms with Crippen LogP contribution in [0.25, 0.3) is 0 Å². The van der Waals surface area contributed by atoms with E-state index in [0.717, 1.165) is 16.4 Å². The second-order valence-electron chi connectivity index (χ2n) is 6.82. The molecular formula is C19H17ClF3NO4S. The van der Waals surface area contributed by atoms with Crippen molar-refractivity contribution < 1.29 is 31.1 Å². The van der Waals surface area contributed by atoms with E-state index >= 15 is 0 Å². The van der Waals surface area contributed by atoms with E-state index in [2.05, 4.69) is 0 Å². The summed E-state index contributed by atoms with van der Waals surface area (Å²) in [5.41, 5.74) is -0.615. The highest BCUT2D eigenvalue weighted by atomic mass is 35.5. The average molecular weight is 448 g/mol. The predicted octanol–water partition coefficient (Wildman–Crippen LogP) is 4.66. The van der Waals surface area contributed by atoms with Crippen LogP contribution in [0.4, 0.5) is 13.2 Å². The number of alkyl halides is 3. The minimum atomic E-state index is -4.85. The maximum absolute atomic E-state index is 13.5. The number of fused-ring (bicyclic) bond motifs is 1. The van der Waals surface area contributed by atoms with Crippen molar-refractivity contribution in [2.24, 2.45) is 0 Å². The first kappa shape index (κ1) is 20.3. The van der Waals surface area contributed by atoms with Gasteiger partial charge >= 0.3 is 6.18 Å². The zero-order valence-corrected chi connectivity index (χ0v) is 16.6. The van der Waals surface area contributed by atoms with Crippen LogP contribution in [-0.2, 0) is 16.2 Å². The van der Waals surface area contributed by atoms with E-state index < -0.39 is 32.7 Å². The Hall–Kier alpha value is -1.97. The van der Waals surface area contributed by atoms with Gasteiger partial charge in [0, 0.05) is 11.6 Å². The average Bonchev–Trinajstić information content (AvgIpc) is 3.17. The van der Waals surface area contributed by atoms with Crippen LogP contribution >= 0.6 is 11.6 Å². The molecule has 4 rings (SSSR count). The monoisotopic (exact) mass is 447 g/mol. The van der Waals surface area contributed by atoms with E-state index in [1.165, 1.54) is 0 Å². The molecule has 2 aromatic carbocycles. The van der Waals surface area contributed by atoms with Gasteiger partial charge in [-0.3, -0.25) is 0 Å². The van der Waals surface area contributed by atoms with E-state index in [0.29, 0.717) is 49.2 Å². The molecular weight excluding hydrogens is 431 g/mol.